The van der Waals surface area contributed by atoms with E-state index in [0.717, 1.165) is 19.4 Å². The third-order valence-corrected chi connectivity index (χ3v) is 4.11. The number of hydrogen-bond acceptors (Lipinski definition) is 3. The topological polar surface area (TPSA) is 52.2 Å². The molecular weight excluding hydrogens is 273 g/mol. The summed E-state index contributed by atoms with van der Waals surface area (Å²) in [6.45, 7) is 7.01. The molecule has 0 radical (unpaired) electrons. The van der Waals surface area contributed by atoms with Gasteiger partial charge in [0.1, 0.15) is 0 Å². The van der Waals surface area contributed by atoms with Crippen molar-refractivity contribution < 1.29 is 39.5 Å². The summed E-state index contributed by atoms with van der Waals surface area (Å²) in [6.07, 6.45) is 12.5. The summed E-state index contributed by atoms with van der Waals surface area (Å²) in [7, 11) is 0. The predicted molar refractivity (Wildman–Crippen MR) is 83.5 cm³/mol. The third kappa shape index (κ3) is 13.8. The average molecular weight is 307 g/mol. The van der Waals surface area contributed by atoms with Crippen molar-refractivity contribution in [3.8, 4) is 0 Å². The van der Waals surface area contributed by atoms with Crippen molar-refractivity contribution in [3.63, 3.8) is 0 Å². The normalized spacial score (nSPS) is 13.5. The second-order valence-corrected chi connectivity index (χ2v) is 5.96. The first kappa shape index (κ1) is 23.7. The maximum atomic E-state index is 11.0. The van der Waals surface area contributed by atoms with E-state index < -0.39 is 12.0 Å². The maximum Gasteiger partial charge on any atom is 1.00 e. The zero-order valence-electron chi connectivity index (χ0n) is 14.7. The van der Waals surface area contributed by atoms with E-state index >= 15 is 0 Å². The summed E-state index contributed by atoms with van der Waals surface area (Å²) in [5, 5.41) is 14.1. The van der Waals surface area contributed by atoms with E-state index in [0.29, 0.717) is 0 Å². The molecule has 0 aromatic carbocycles. The average Bonchev–Trinajstić information content (AvgIpc) is 2.43. The van der Waals surface area contributed by atoms with Crippen molar-refractivity contribution in [2.45, 2.75) is 91.0 Å². The van der Waals surface area contributed by atoms with E-state index in [2.05, 4.69) is 12.2 Å². The van der Waals surface area contributed by atoms with E-state index in [1.54, 1.807) is 0 Å². The van der Waals surface area contributed by atoms with Gasteiger partial charge < -0.3 is 15.2 Å². The van der Waals surface area contributed by atoms with Gasteiger partial charge >= 0.3 is 29.6 Å². The van der Waals surface area contributed by atoms with Gasteiger partial charge in [0.2, 0.25) is 0 Å². The molecule has 21 heavy (non-hydrogen) atoms. The van der Waals surface area contributed by atoms with Crippen LogP contribution in [0.5, 0.6) is 0 Å². The fourth-order valence-electron chi connectivity index (χ4n) is 2.45. The van der Waals surface area contributed by atoms with Crippen LogP contribution < -0.4 is 40.0 Å². The van der Waals surface area contributed by atoms with Gasteiger partial charge in [-0.15, -0.1) is 0 Å². The van der Waals surface area contributed by atoms with Gasteiger partial charge in [0.25, 0.3) is 0 Å². The van der Waals surface area contributed by atoms with Gasteiger partial charge in [-0.3, -0.25) is 0 Å². The molecule has 120 valence electrons. The second-order valence-electron chi connectivity index (χ2n) is 5.96. The molecule has 4 heteroatoms. The summed E-state index contributed by atoms with van der Waals surface area (Å²) < 4.78 is 0. The third-order valence-electron chi connectivity index (χ3n) is 4.11. The molecule has 0 aromatic heterocycles. The van der Waals surface area contributed by atoms with Crippen LogP contribution in [0.4, 0.5) is 0 Å². The minimum atomic E-state index is -0.963. The Balaban J connectivity index is 0. The molecule has 1 N–H and O–H groups in total. The molecule has 2 atom stereocenters. The number of carboxylic acids is 1. The monoisotopic (exact) mass is 307 g/mol. The predicted octanol–water partition coefficient (Wildman–Crippen LogP) is 0.275. The maximum absolute atomic E-state index is 11.0. The first-order chi connectivity index (χ1) is 9.63. The van der Waals surface area contributed by atoms with Crippen molar-refractivity contribution in [2.24, 2.45) is 5.92 Å². The van der Waals surface area contributed by atoms with Gasteiger partial charge in [-0.1, -0.05) is 78.6 Å². The molecule has 0 rings (SSSR count). The van der Waals surface area contributed by atoms with Gasteiger partial charge in [-0.05, 0) is 18.9 Å². The number of hydrogen-bond donors (Lipinski definition) is 1. The van der Waals surface area contributed by atoms with Gasteiger partial charge in [0.15, 0.2) is 0 Å². The number of aliphatic carboxylic acids is 1. The van der Waals surface area contributed by atoms with Crippen LogP contribution in [0, 0.1) is 5.92 Å². The van der Waals surface area contributed by atoms with E-state index in [4.69, 9.17) is 0 Å². The molecule has 0 aliphatic carbocycles. The molecule has 0 spiro atoms. The number of carbonyl (C=O) groups excluding carboxylic acids is 1. The van der Waals surface area contributed by atoms with E-state index in [9.17, 15) is 9.90 Å². The quantitative estimate of drug-likeness (QED) is 0.370. The Labute approximate surface area is 153 Å². The number of unbranched alkanes of at least 4 members (excludes halogenated alkanes) is 8. The minimum absolute atomic E-state index is 0. The number of nitrogens with one attached hydrogen (secondary N) is 1. The molecule has 3 nitrogen and oxygen atoms in total. The van der Waals surface area contributed by atoms with E-state index in [1.807, 2.05) is 13.8 Å². The van der Waals surface area contributed by atoms with Crippen LogP contribution in [-0.4, -0.2) is 18.6 Å². The summed E-state index contributed by atoms with van der Waals surface area (Å²) in [5.41, 5.74) is 0. The molecule has 0 fully saturated rings. The molecule has 0 aliphatic rings. The number of carboxylic acid groups (broad SMARTS) is 1. The molecule has 0 heterocycles. The molecular formula is C17H34NNaO2. The van der Waals surface area contributed by atoms with Crippen molar-refractivity contribution >= 4 is 5.97 Å². The molecule has 0 aliphatic heterocycles. The van der Waals surface area contributed by atoms with Gasteiger partial charge in [-0.2, -0.15) is 0 Å². The fraction of sp³-hybridized carbons (Fsp3) is 0.941. The van der Waals surface area contributed by atoms with Crippen LogP contribution in [0.1, 0.15) is 85.0 Å². The molecule has 0 amide bonds. The summed E-state index contributed by atoms with van der Waals surface area (Å²) in [5.74, 6) is -0.825. The second kappa shape index (κ2) is 16.8. The Morgan fingerprint density at radius 3 is 1.86 bits per heavy atom. The fourth-order valence-corrected chi connectivity index (χ4v) is 2.45. The SMILES string of the molecule is CCCCCCCCCCCN[C@H](C(=O)[O-])[C@@H](C)CC.[Na+]. The molecule has 0 unspecified atom stereocenters. The van der Waals surface area contributed by atoms with Crippen LogP contribution in [0.25, 0.3) is 0 Å². The largest absolute Gasteiger partial charge is 1.00 e. The van der Waals surface area contributed by atoms with Crippen LogP contribution in [-0.2, 0) is 4.79 Å². The number of carbonyl (C=O) groups is 1. The standard InChI is InChI=1S/C17H35NO2.Na/c1-4-6-7-8-9-10-11-12-13-14-18-16(17(19)20)15(3)5-2;/h15-16,18H,4-14H2,1-3H3,(H,19,20);/q;+1/p-1/t15-,16-;/m0./s1. The zero-order valence-corrected chi connectivity index (χ0v) is 16.7. The van der Waals surface area contributed by atoms with Crippen LogP contribution >= 0.6 is 0 Å². The summed E-state index contributed by atoms with van der Waals surface area (Å²) in [4.78, 5) is 11.0. The zero-order chi connectivity index (χ0) is 15.2. The van der Waals surface area contributed by atoms with Crippen molar-refractivity contribution in [1.29, 1.82) is 0 Å². The van der Waals surface area contributed by atoms with Crippen LogP contribution in [0.15, 0.2) is 0 Å². The van der Waals surface area contributed by atoms with Gasteiger partial charge in [0, 0.05) is 6.04 Å². The van der Waals surface area contributed by atoms with Gasteiger partial charge in [-0.25, -0.2) is 0 Å². The van der Waals surface area contributed by atoms with Gasteiger partial charge in [0.05, 0.1) is 5.97 Å². The Morgan fingerprint density at radius 2 is 1.43 bits per heavy atom. The number of rotatable bonds is 14. The Bertz CT molecular complexity index is 237. The van der Waals surface area contributed by atoms with E-state index in [1.165, 1.54) is 51.4 Å². The first-order valence-electron chi connectivity index (χ1n) is 8.57. The Morgan fingerprint density at radius 1 is 0.952 bits per heavy atom. The smallest absolute Gasteiger partial charge is 0.548 e. The summed E-state index contributed by atoms with van der Waals surface area (Å²) >= 11 is 0. The molecule has 0 bridgehead atoms. The van der Waals surface area contributed by atoms with Crippen LogP contribution in [0.2, 0.25) is 0 Å². The van der Waals surface area contributed by atoms with Crippen molar-refractivity contribution in [2.75, 3.05) is 6.54 Å². The molecule has 0 aromatic rings. The van der Waals surface area contributed by atoms with E-state index in [-0.39, 0.29) is 35.5 Å². The van der Waals surface area contributed by atoms with Crippen molar-refractivity contribution in [3.05, 3.63) is 0 Å². The minimum Gasteiger partial charge on any atom is -0.548 e. The molecule has 0 saturated carbocycles. The van der Waals surface area contributed by atoms with Crippen molar-refractivity contribution in [1.82, 2.24) is 5.32 Å². The first-order valence-corrected chi connectivity index (χ1v) is 8.57. The summed E-state index contributed by atoms with van der Waals surface area (Å²) in [6, 6.07) is -0.492. The molecule has 0 saturated heterocycles. The Kier molecular flexibility index (Phi) is 18.9. The van der Waals surface area contributed by atoms with Crippen LogP contribution in [0.3, 0.4) is 0 Å². The Hall–Kier alpha value is 0.430.